The quantitative estimate of drug-likeness (QED) is 0.290. The molecule has 3 nitrogen and oxygen atoms in total. The van der Waals surface area contributed by atoms with E-state index in [-0.39, 0.29) is 0 Å². The molecule has 0 aliphatic heterocycles. The lowest BCUT2D eigenvalue weighted by molar-refractivity contribution is 1.48. The first-order chi connectivity index (χ1) is 12.8. The summed E-state index contributed by atoms with van der Waals surface area (Å²) in [5.74, 6) is 0.785. The van der Waals surface area contributed by atoms with Crippen LogP contribution in [0.3, 0.4) is 0 Å². The second-order valence-corrected chi connectivity index (χ2v) is 6.04. The monoisotopic (exact) mass is 337 g/mol. The number of nitrogens with two attached hydrogens (primary N) is 1. The highest BCUT2D eigenvalue weighted by Gasteiger charge is 2.08. The Morgan fingerprint density at radius 1 is 0.692 bits per heavy atom. The SMILES string of the molecule is Nc1cccc2cccc(N=C(Nc3ccccc3)c3ccccc3)c12. The van der Waals surface area contributed by atoms with Crippen molar-refractivity contribution in [1.82, 2.24) is 0 Å². The molecule has 0 unspecified atom stereocenters. The van der Waals surface area contributed by atoms with Crippen LogP contribution in [-0.2, 0) is 0 Å². The first-order valence-electron chi connectivity index (χ1n) is 8.55. The van der Waals surface area contributed by atoms with E-state index in [0.29, 0.717) is 0 Å². The summed E-state index contributed by atoms with van der Waals surface area (Å²) in [5, 5.41) is 5.49. The van der Waals surface area contributed by atoms with Gasteiger partial charge in [0.15, 0.2) is 0 Å². The number of rotatable bonds is 3. The van der Waals surface area contributed by atoms with E-state index in [4.69, 9.17) is 10.7 Å². The van der Waals surface area contributed by atoms with Crippen LogP contribution in [0.15, 0.2) is 102 Å². The summed E-state index contributed by atoms with van der Waals surface area (Å²) in [6, 6.07) is 32.1. The molecule has 126 valence electrons. The minimum atomic E-state index is 0.731. The van der Waals surface area contributed by atoms with E-state index in [2.05, 4.69) is 17.4 Å². The van der Waals surface area contributed by atoms with Gasteiger partial charge in [0, 0.05) is 22.3 Å². The number of hydrogen-bond donors (Lipinski definition) is 2. The second kappa shape index (κ2) is 7.11. The molecular weight excluding hydrogens is 318 g/mol. The van der Waals surface area contributed by atoms with Crippen molar-refractivity contribution < 1.29 is 0 Å². The van der Waals surface area contributed by atoms with Crippen molar-refractivity contribution in [2.45, 2.75) is 0 Å². The molecule has 0 saturated carbocycles. The van der Waals surface area contributed by atoms with Crippen LogP contribution in [-0.4, -0.2) is 5.84 Å². The molecule has 0 spiro atoms. The van der Waals surface area contributed by atoms with Crippen LogP contribution in [0.25, 0.3) is 10.8 Å². The molecule has 0 radical (unpaired) electrons. The van der Waals surface area contributed by atoms with Gasteiger partial charge < -0.3 is 11.1 Å². The van der Waals surface area contributed by atoms with Crippen LogP contribution in [0.1, 0.15) is 5.56 Å². The summed E-state index contributed by atoms with van der Waals surface area (Å²) < 4.78 is 0. The third kappa shape index (κ3) is 3.28. The standard InChI is InChI=1S/C23H19N3/c24-20-15-7-11-17-12-8-16-21(22(17)20)26-23(18-9-3-1-4-10-18)25-19-13-5-2-6-14-19/h1-16H,24H2,(H,25,26). The highest BCUT2D eigenvalue weighted by atomic mass is 15.0. The maximum Gasteiger partial charge on any atom is 0.138 e. The first kappa shape index (κ1) is 15.9. The van der Waals surface area contributed by atoms with Gasteiger partial charge in [0.2, 0.25) is 0 Å². The molecule has 0 fully saturated rings. The van der Waals surface area contributed by atoms with Crippen LogP contribution >= 0.6 is 0 Å². The number of amidine groups is 1. The summed E-state index contributed by atoms with van der Waals surface area (Å²) in [6.07, 6.45) is 0. The van der Waals surface area contributed by atoms with Gasteiger partial charge in [-0.25, -0.2) is 4.99 Å². The fourth-order valence-corrected chi connectivity index (χ4v) is 2.98. The van der Waals surface area contributed by atoms with Gasteiger partial charge in [-0.3, -0.25) is 0 Å². The summed E-state index contributed by atoms with van der Waals surface area (Å²) in [6.45, 7) is 0. The topological polar surface area (TPSA) is 50.4 Å². The molecule has 4 aromatic rings. The molecule has 26 heavy (non-hydrogen) atoms. The van der Waals surface area contributed by atoms with Crippen LogP contribution in [0.5, 0.6) is 0 Å². The molecule has 0 amide bonds. The summed E-state index contributed by atoms with van der Waals surface area (Å²) in [5.41, 5.74) is 9.82. The minimum absolute atomic E-state index is 0.731. The van der Waals surface area contributed by atoms with E-state index in [1.807, 2.05) is 84.9 Å². The highest BCUT2D eigenvalue weighted by molar-refractivity contribution is 6.11. The third-order valence-electron chi connectivity index (χ3n) is 4.23. The smallest absolute Gasteiger partial charge is 0.138 e. The van der Waals surface area contributed by atoms with Crippen LogP contribution in [0.2, 0.25) is 0 Å². The number of anilines is 2. The molecule has 4 aromatic carbocycles. The van der Waals surface area contributed by atoms with Gasteiger partial charge in [-0.1, -0.05) is 72.8 Å². The van der Waals surface area contributed by atoms with Crippen molar-refractivity contribution >= 4 is 33.7 Å². The van der Waals surface area contributed by atoms with Crippen molar-refractivity contribution in [2.24, 2.45) is 4.99 Å². The summed E-state index contributed by atoms with van der Waals surface area (Å²) in [7, 11) is 0. The lowest BCUT2D eigenvalue weighted by Crippen LogP contribution is -2.13. The zero-order valence-electron chi connectivity index (χ0n) is 14.3. The average Bonchev–Trinajstić information content (AvgIpc) is 2.69. The Morgan fingerprint density at radius 3 is 2.08 bits per heavy atom. The Hall–Kier alpha value is -3.59. The van der Waals surface area contributed by atoms with Crippen molar-refractivity contribution in [3.63, 3.8) is 0 Å². The number of para-hydroxylation sites is 1. The first-order valence-corrected chi connectivity index (χ1v) is 8.55. The Morgan fingerprint density at radius 2 is 1.35 bits per heavy atom. The normalized spacial score (nSPS) is 11.5. The molecule has 0 heterocycles. The van der Waals surface area contributed by atoms with Crippen molar-refractivity contribution in [2.75, 3.05) is 11.1 Å². The molecule has 0 aliphatic rings. The van der Waals surface area contributed by atoms with Gasteiger partial charge in [-0.15, -0.1) is 0 Å². The number of aliphatic imine (C=N–C) groups is 1. The summed E-state index contributed by atoms with van der Waals surface area (Å²) in [4.78, 5) is 4.94. The lowest BCUT2D eigenvalue weighted by Gasteiger charge is -2.12. The number of benzene rings is 4. The zero-order chi connectivity index (χ0) is 17.8. The maximum absolute atomic E-state index is 6.23. The Bertz CT molecular complexity index is 1050. The van der Waals surface area contributed by atoms with E-state index in [1.165, 1.54) is 0 Å². The number of fused-ring (bicyclic) bond motifs is 1. The molecule has 3 N–H and O–H groups in total. The Balaban J connectivity index is 1.87. The Kier molecular flexibility index (Phi) is 4.35. The predicted molar refractivity (Wildman–Crippen MR) is 111 cm³/mol. The fraction of sp³-hybridized carbons (Fsp3) is 0. The van der Waals surface area contributed by atoms with E-state index < -0.39 is 0 Å². The van der Waals surface area contributed by atoms with Gasteiger partial charge >= 0.3 is 0 Å². The highest BCUT2D eigenvalue weighted by Crippen LogP contribution is 2.31. The van der Waals surface area contributed by atoms with Crippen LogP contribution in [0.4, 0.5) is 17.1 Å². The second-order valence-electron chi connectivity index (χ2n) is 6.04. The van der Waals surface area contributed by atoms with Gasteiger partial charge in [-0.2, -0.15) is 0 Å². The molecule has 0 saturated heterocycles. The van der Waals surface area contributed by atoms with Crippen LogP contribution in [0, 0.1) is 0 Å². The van der Waals surface area contributed by atoms with Crippen molar-refractivity contribution in [3.8, 4) is 0 Å². The molecule has 0 atom stereocenters. The maximum atomic E-state index is 6.23. The van der Waals surface area contributed by atoms with Gasteiger partial charge in [0.25, 0.3) is 0 Å². The third-order valence-corrected chi connectivity index (χ3v) is 4.23. The van der Waals surface area contributed by atoms with Crippen LogP contribution < -0.4 is 11.1 Å². The van der Waals surface area contributed by atoms with Gasteiger partial charge in [0.05, 0.1) is 5.69 Å². The number of nitrogen functional groups attached to an aromatic ring is 1. The van der Waals surface area contributed by atoms with Crippen molar-refractivity contribution in [3.05, 3.63) is 103 Å². The number of hydrogen-bond acceptors (Lipinski definition) is 2. The Labute approximate surface area is 152 Å². The average molecular weight is 337 g/mol. The molecule has 0 aliphatic carbocycles. The molecule has 4 rings (SSSR count). The molecule has 0 bridgehead atoms. The minimum Gasteiger partial charge on any atom is -0.398 e. The fourth-order valence-electron chi connectivity index (χ4n) is 2.98. The van der Waals surface area contributed by atoms with Gasteiger partial charge in [-0.05, 0) is 29.7 Å². The van der Waals surface area contributed by atoms with E-state index in [0.717, 1.165) is 39.2 Å². The zero-order valence-corrected chi connectivity index (χ0v) is 14.3. The molecular formula is C23H19N3. The van der Waals surface area contributed by atoms with Gasteiger partial charge in [0.1, 0.15) is 5.84 Å². The largest absolute Gasteiger partial charge is 0.398 e. The number of nitrogens with zero attached hydrogens (tertiary/aromatic N) is 1. The lowest BCUT2D eigenvalue weighted by atomic mass is 10.1. The predicted octanol–water partition coefficient (Wildman–Crippen LogP) is 5.61. The molecule has 0 aromatic heterocycles. The summed E-state index contributed by atoms with van der Waals surface area (Å²) >= 11 is 0. The van der Waals surface area contributed by atoms with E-state index in [9.17, 15) is 0 Å². The van der Waals surface area contributed by atoms with Crippen molar-refractivity contribution in [1.29, 1.82) is 0 Å². The number of nitrogens with one attached hydrogen (secondary N) is 1. The molecule has 3 heteroatoms. The van der Waals surface area contributed by atoms with E-state index in [1.54, 1.807) is 0 Å². The van der Waals surface area contributed by atoms with E-state index >= 15 is 0 Å².